The Morgan fingerprint density at radius 3 is 1.28 bits per heavy atom. The summed E-state index contributed by atoms with van der Waals surface area (Å²) >= 11 is 0. The van der Waals surface area contributed by atoms with Crippen molar-refractivity contribution in [1.82, 2.24) is 4.98 Å². The van der Waals surface area contributed by atoms with Gasteiger partial charge in [0.05, 0.1) is 22.1 Å². The van der Waals surface area contributed by atoms with Gasteiger partial charge in [-0.2, -0.15) is 0 Å². The fraction of sp³-hybridized carbons (Fsp3) is 0.130. The summed E-state index contributed by atoms with van der Waals surface area (Å²) in [4.78, 5) is 4.82. The molecule has 0 atom stereocenters. The van der Waals surface area contributed by atoms with Crippen LogP contribution in [0.4, 0.5) is 0 Å². The smallest absolute Gasteiger partial charge is 0.228 e. The molecule has 0 bridgehead atoms. The van der Waals surface area contributed by atoms with Gasteiger partial charge in [-0.1, -0.05) is 194 Å². The first-order valence-corrected chi connectivity index (χ1v) is 33.4. The fourth-order valence-corrected chi connectivity index (χ4v) is 15.0. The molecule has 7 heteroatoms. The molecule has 11 aromatic carbocycles. The number of nitrogens with zero attached hydrogens (tertiary/aromatic N) is 4. The normalized spacial score (nSPS) is 13.4. The zero-order valence-corrected chi connectivity index (χ0v) is 56.7. The van der Waals surface area contributed by atoms with E-state index in [9.17, 15) is 0 Å². The molecule has 7 heterocycles. The van der Waals surface area contributed by atoms with Crippen molar-refractivity contribution in [3.8, 4) is 67.2 Å². The van der Waals surface area contributed by atoms with Crippen LogP contribution in [0, 0.1) is 62.1 Å². The van der Waals surface area contributed by atoms with Crippen LogP contribution in [-0.4, -0.2) is 4.98 Å². The predicted molar refractivity (Wildman–Crippen MR) is 410 cm³/mol. The second-order valence-electron chi connectivity index (χ2n) is 26.2. The van der Waals surface area contributed by atoms with Crippen molar-refractivity contribution in [3.05, 3.63) is 299 Å². The van der Waals surface area contributed by atoms with Gasteiger partial charge >= 0.3 is 0 Å². The number of furan rings is 3. The van der Waals surface area contributed by atoms with Crippen molar-refractivity contribution in [2.75, 3.05) is 0 Å². The number of hydrogen-bond donors (Lipinski definition) is 0. The van der Waals surface area contributed by atoms with Gasteiger partial charge in [0.15, 0.2) is 24.2 Å². The quantitative estimate of drug-likeness (QED) is 0.156. The lowest BCUT2D eigenvalue weighted by Crippen LogP contribution is -2.31. The van der Waals surface area contributed by atoms with Gasteiger partial charge in [0, 0.05) is 85.7 Å². The van der Waals surface area contributed by atoms with Gasteiger partial charge in [0.1, 0.15) is 43.5 Å². The van der Waals surface area contributed by atoms with Crippen molar-refractivity contribution >= 4 is 98.3 Å². The van der Waals surface area contributed by atoms with Gasteiger partial charge in [-0.05, 0) is 168 Å². The Labute approximate surface area is 589 Å². The molecular weight excluding hydrogens is 1210 g/mol. The highest BCUT2D eigenvalue weighted by Crippen LogP contribution is 2.46. The highest BCUT2D eigenvalue weighted by Gasteiger charge is 2.28. The molecule has 7 aromatic heterocycles. The van der Waals surface area contributed by atoms with E-state index in [4.69, 9.17) is 30.6 Å². The first-order chi connectivity index (χ1) is 51.7. The van der Waals surface area contributed by atoms with E-state index < -0.39 is 20.6 Å². The molecule has 0 N–H and O–H groups in total. The maximum absolute atomic E-state index is 8.40. The van der Waals surface area contributed by atoms with Crippen LogP contribution in [0.1, 0.15) is 62.5 Å². The summed E-state index contributed by atoms with van der Waals surface area (Å²) < 4.78 is 99.9. The first kappa shape index (κ1) is 52.4. The number of pyridine rings is 4. The van der Waals surface area contributed by atoms with Crippen LogP contribution in [0.3, 0.4) is 0 Å². The maximum atomic E-state index is 8.40. The molecule has 0 aliphatic heterocycles. The average molecular weight is 1300 g/mol. The molecule has 0 aliphatic rings. The van der Waals surface area contributed by atoms with Gasteiger partial charge in [-0.3, -0.25) is 0 Å². The van der Waals surface area contributed by atoms with Crippen LogP contribution in [0.15, 0.2) is 262 Å². The monoisotopic (exact) mass is 1290 g/mol. The Hall–Kier alpha value is -11.8. The van der Waals surface area contributed by atoms with Crippen LogP contribution in [-0.2, 0) is 21.1 Å². The van der Waals surface area contributed by atoms with E-state index in [0.717, 1.165) is 122 Å². The summed E-state index contributed by atoms with van der Waals surface area (Å²) in [5.74, 6) is 0. The van der Waals surface area contributed by atoms with Gasteiger partial charge in [0.2, 0.25) is 22.8 Å². The minimum Gasteiger partial charge on any atom is -0.455 e. The standard InChI is InChI=1S/C32H28NO.C31H26NO.C29H23N2O/c1-19-16-28-31(25-14-10-9-13-24(19)25)30-21(3)15-20(2)29(32(30)34-28)27-17-26(22(4)18-33(27)5)23-11-7-6-8-12-23;1-19-14-15-25-30-24-13-9-8-12-23(24)20(2)16-28(30)33-31(25)29(19)27-17-26(21(3)18-32(27)4)22-10-6-5-7-11-22;1-18-13-14-24-27-23-12-8-7-11-22(23)19(2)30-29(27)32-28(24)26(18)25-17-21(15-16-31(25)3)20-9-5-4-6-10-20/h6-18H,1-5H3;5-18H,1-4H3;4-17H,1-3H3/q3*+1/i3D3,4D3;3D3;. The third kappa shape index (κ3) is 10.6. The maximum Gasteiger partial charge on any atom is 0.228 e. The molecule has 18 rings (SSSR count). The topological polar surface area (TPSA) is 64.0 Å². The van der Waals surface area contributed by atoms with E-state index in [1.165, 1.54) is 43.8 Å². The van der Waals surface area contributed by atoms with Crippen LogP contribution in [0.5, 0.6) is 0 Å². The van der Waals surface area contributed by atoms with E-state index in [-0.39, 0.29) is 11.1 Å². The summed E-state index contributed by atoms with van der Waals surface area (Å²) in [6.45, 7) is 5.34. The molecule has 0 saturated carbocycles. The average Bonchev–Trinajstić information content (AvgIpc) is 1.53. The number of fused-ring (bicyclic) bond motifs is 15. The molecule has 18 aromatic rings. The molecule has 480 valence electrons. The molecule has 99 heavy (non-hydrogen) atoms. The zero-order valence-electron chi connectivity index (χ0n) is 65.7. The van der Waals surface area contributed by atoms with E-state index in [1.54, 1.807) is 23.0 Å². The molecule has 0 spiro atoms. The van der Waals surface area contributed by atoms with Gasteiger partial charge in [-0.15, -0.1) is 0 Å². The van der Waals surface area contributed by atoms with E-state index in [2.05, 4.69) is 154 Å². The van der Waals surface area contributed by atoms with Crippen LogP contribution in [0.25, 0.3) is 165 Å². The van der Waals surface area contributed by atoms with Crippen molar-refractivity contribution in [1.29, 1.82) is 0 Å². The number of benzene rings is 11. The Bertz CT molecular complexity index is 6670. The molecule has 0 unspecified atom stereocenters. The Morgan fingerprint density at radius 1 is 0.303 bits per heavy atom. The van der Waals surface area contributed by atoms with Crippen LogP contribution >= 0.6 is 0 Å². The highest BCUT2D eigenvalue weighted by molar-refractivity contribution is 6.24. The Kier molecular flexibility index (Phi) is 13.1. The molecule has 0 saturated heterocycles. The van der Waals surface area contributed by atoms with Crippen molar-refractivity contribution in [2.24, 2.45) is 21.1 Å². The molecule has 0 fully saturated rings. The number of hydrogen-bond acceptors (Lipinski definition) is 4. The molecule has 0 aliphatic carbocycles. The SMILES string of the molecule is Cc1ccc2c(oc3nc(C)c4ccccc4c32)c1-c1cc(-c2ccccc2)cc[n+]1C.[2H]C([2H])([2H])c1c[n+](C)c(-c2c(C)cc(C([2H])([2H])[2H])c3c2oc2cc(C)c4ccccc4c23)cc1-c1ccccc1.[2H]C([2H])([2H])c1c[n+](C)c(-c2c(C)ccc3c2oc2cc(C)c4ccccc4c23)cc1-c1ccccc1. The summed E-state index contributed by atoms with van der Waals surface area (Å²) in [5.41, 5.74) is 22.3. The van der Waals surface area contributed by atoms with Crippen LogP contribution in [0.2, 0.25) is 0 Å². The predicted octanol–water partition coefficient (Wildman–Crippen LogP) is 22.9. The lowest BCUT2D eigenvalue weighted by molar-refractivity contribution is -0.660. The van der Waals surface area contributed by atoms with Gasteiger partial charge < -0.3 is 13.3 Å². The van der Waals surface area contributed by atoms with Crippen molar-refractivity contribution in [3.63, 3.8) is 0 Å². The first-order valence-electron chi connectivity index (χ1n) is 37.9. The number of rotatable bonds is 6. The van der Waals surface area contributed by atoms with E-state index in [0.29, 0.717) is 39.0 Å². The summed E-state index contributed by atoms with van der Waals surface area (Å²) in [5, 5.41) is 12.4. The second kappa shape index (κ2) is 24.7. The van der Waals surface area contributed by atoms with Gasteiger partial charge in [-0.25, -0.2) is 18.7 Å². The summed E-state index contributed by atoms with van der Waals surface area (Å²) in [6, 6.07) is 77.2. The molecule has 7 nitrogen and oxygen atoms in total. The largest absolute Gasteiger partial charge is 0.455 e. The third-order valence-corrected chi connectivity index (χ3v) is 19.9. The number of aromatic nitrogens is 4. The second-order valence-corrected chi connectivity index (χ2v) is 26.2. The Balaban J connectivity index is 0.000000124. The summed E-state index contributed by atoms with van der Waals surface area (Å²) in [7, 11) is 5.80. The number of aryl methyl sites for hydroxylation is 12. The lowest BCUT2D eigenvalue weighted by atomic mass is 9.93. The lowest BCUT2D eigenvalue weighted by Gasteiger charge is -2.11. The fourth-order valence-electron chi connectivity index (χ4n) is 15.0. The molecule has 0 amide bonds. The van der Waals surface area contributed by atoms with E-state index in [1.807, 2.05) is 149 Å². The van der Waals surface area contributed by atoms with Gasteiger partial charge in [0.25, 0.3) is 0 Å². The minimum absolute atomic E-state index is 0.238. The zero-order chi connectivity index (χ0) is 75.6. The van der Waals surface area contributed by atoms with Crippen molar-refractivity contribution in [2.45, 2.75) is 62.1 Å². The van der Waals surface area contributed by atoms with Crippen molar-refractivity contribution < 1.29 is 39.3 Å². The minimum atomic E-state index is -2.37. The van der Waals surface area contributed by atoms with Crippen LogP contribution < -0.4 is 13.7 Å². The molecule has 0 radical (unpaired) electrons. The van der Waals surface area contributed by atoms with E-state index >= 15 is 0 Å². The molecular formula is C92H77N4O3+3. The highest BCUT2D eigenvalue weighted by atomic mass is 16.3. The summed E-state index contributed by atoms with van der Waals surface area (Å²) in [6.07, 6.45) is 5.51. The third-order valence-electron chi connectivity index (χ3n) is 19.9. The Morgan fingerprint density at radius 2 is 0.737 bits per heavy atom.